The lowest BCUT2D eigenvalue weighted by atomic mass is 10.1. The Morgan fingerprint density at radius 1 is 1.08 bits per heavy atom. The predicted molar refractivity (Wildman–Crippen MR) is 94.5 cm³/mol. The summed E-state index contributed by atoms with van der Waals surface area (Å²) in [6, 6.07) is 11.7. The molecule has 2 rings (SSSR count). The molecule has 2 amide bonds. The fourth-order valence-corrected chi connectivity index (χ4v) is 2.46. The van der Waals surface area contributed by atoms with E-state index in [0.717, 1.165) is 5.56 Å². The van der Waals surface area contributed by atoms with E-state index in [1.165, 1.54) is 6.07 Å². The van der Waals surface area contributed by atoms with Crippen LogP contribution in [-0.2, 0) is 0 Å². The molecule has 24 heavy (non-hydrogen) atoms. The third-order valence-electron chi connectivity index (χ3n) is 3.82. The van der Waals surface area contributed by atoms with Crippen LogP contribution in [0.15, 0.2) is 42.5 Å². The first kappa shape index (κ1) is 17.5. The van der Waals surface area contributed by atoms with Gasteiger partial charge >= 0.3 is 0 Å². The van der Waals surface area contributed by atoms with Crippen LogP contribution in [-0.4, -0.2) is 34.9 Å². The van der Waals surface area contributed by atoms with Crippen molar-refractivity contribution in [2.45, 2.75) is 20.8 Å². The molecule has 2 aromatic carbocycles. The Labute approximate surface area is 141 Å². The number of anilines is 1. The van der Waals surface area contributed by atoms with Crippen LogP contribution in [0.1, 0.15) is 40.1 Å². The van der Waals surface area contributed by atoms with E-state index in [1.54, 1.807) is 41.3 Å². The quantitative estimate of drug-likeness (QED) is 0.884. The fourth-order valence-electron chi connectivity index (χ4n) is 2.46. The molecule has 0 aliphatic heterocycles. The van der Waals surface area contributed by atoms with E-state index in [4.69, 9.17) is 0 Å². The minimum atomic E-state index is -0.417. The predicted octanol–water partition coefficient (Wildman–Crippen LogP) is 3.43. The first-order valence-corrected chi connectivity index (χ1v) is 7.96. The van der Waals surface area contributed by atoms with E-state index >= 15 is 0 Å². The number of rotatable bonds is 5. The zero-order valence-electron chi connectivity index (χ0n) is 14.2. The minimum Gasteiger partial charge on any atom is -0.507 e. The van der Waals surface area contributed by atoms with E-state index in [2.05, 4.69) is 5.32 Å². The minimum absolute atomic E-state index is 0.0668. The Balaban J connectivity index is 2.20. The molecule has 5 nitrogen and oxygen atoms in total. The van der Waals surface area contributed by atoms with Crippen molar-refractivity contribution in [1.82, 2.24) is 4.90 Å². The molecule has 2 aromatic rings. The highest BCUT2D eigenvalue weighted by Gasteiger charge is 2.15. The van der Waals surface area contributed by atoms with Gasteiger partial charge in [-0.2, -0.15) is 0 Å². The molecule has 0 heterocycles. The van der Waals surface area contributed by atoms with Gasteiger partial charge in [0.25, 0.3) is 11.8 Å². The number of carbonyl (C=O) groups is 2. The molecule has 0 unspecified atom stereocenters. The second kappa shape index (κ2) is 7.64. The van der Waals surface area contributed by atoms with Crippen molar-refractivity contribution in [3.05, 3.63) is 59.2 Å². The molecule has 5 heteroatoms. The first-order valence-electron chi connectivity index (χ1n) is 7.96. The SMILES string of the molecule is CCN(CC)C(=O)c1cccc(NC(=O)c2ccc(C)cc2O)c1. The van der Waals surface area contributed by atoms with Crippen LogP contribution in [0.4, 0.5) is 5.69 Å². The summed E-state index contributed by atoms with van der Waals surface area (Å²) in [6.45, 7) is 6.94. The number of phenolic OH excluding ortho intramolecular Hbond substituents is 1. The number of phenols is 1. The molecule has 2 N–H and O–H groups in total. The van der Waals surface area contributed by atoms with E-state index < -0.39 is 5.91 Å². The molecule has 0 spiro atoms. The van der Waals surface area contributed by atoms with E-state index in [-0.39, 0.29) is 17.2 Å². The third-order valence-corrected chi connectivity index (χ3v) is 3.82. The van der Waals surface area contributed by atoms with Gasteiger partial charge in [-0.1, -0.05) is 12.1 Å². The highest BCUT2D eigenvalue weighted by molar-refractivity contribution is 6.06. The number of aromatic hydroxyl groups is 1. The van der Waals surface area contributed by atoms with Gasteiger partial charge in [0, 0.05) is 24.3 Å². The zero-order chi connectivity index (χ0) is 17.7. The summed E-state index contributed by atoms with van der Waals surface area (Å²) < 4.78 is 0. The maximum atomic E-state index is 12.4. The molecule has 0 aliphatic rings. The average molecular weight is 326 g/mol. The Morgan fingerprint density at radius 3 is 2.42 bits per heavy atom. The molecule has 0 saturated heterocycles. The Hall–Kier alpha value is -2.82. The summed E-state index contributed by atoms with van der Waals surface area (Å²) in [5.74, 6) is -0.558. The number of nitrogens with zero attached hydrogens (tertiary/aromatic N) is 1. The Morgan fingerprint density at radius 2 is 1.79 bits per heavy atom. The van der Waals surface area contributed by atoms with Gasteiger partial charge in [0.1, 0.15) is 5.75 Å². The van der Waals surface area contributed by atoms with Crippen molar-refractivity contribution in [2.75, 3.05) is 18.4 Å². The van der Waals surface area contributed by atoms with Gasteiger partial charge in [0.2, 0.25) is 0 Å². The number of aryl methyl sites for hydroxylation is 1. The maximum absolute atomic E-state index is 12.4. The second-order valence-corrected chi connectivity index (χ2v) is 5.53. The van der Waals surface area contributed by atoms with E-state index in [9.17, 15) is 14.7 Å². The average Bonchev–Trinajstić information content (AvgIpc) is 2.56. The van der Waals surface area contributed by atoms with Crippen LogP contribution in [0.2, 0.25) is 0 Å². The summed E-state index contributed by atoms with van der Waals surface area (Å²) in [6.07, 6.45) is 0. The van der Waals surface area contributed by atoms with Crippen molar-refractivity contribution in [2.24, 2.45) is 0 Å². The van der Waals surface area contributed by atoms with Crippen molar-refractivity contribution in [1.29, 1.82) is 0 Å². The largest absolute Gasteiger partial charge is 0.507 e. The van der Waals surface area contributed by atoms with Gasteiger partial charge in [-0.05, 0) is 56.7 Å². The summed E-state index contributed by atoms with van der Waals surface area (Å²) in [5.41, 5.74) is 2.10. The lowest BCUT2D eigenvalue weighted by Gasteiger charge is -2.19. The van der Waals surface area contributed by atoms with Crippen molar-refractivity contribution in [3.63, 3.8) is 0 Å². The van der Waals surface area contributed by atoms with Gasteiger partial charge in [-0.25, -0.2) is 0 Å². The molecular weight excluding hydrogens is 304 g/mol. The van der Waals surface area contributed by atoms with Gasteiger partial charge < -0.3 is 15.3 Å². The zero-order valence-corrected chi connectivity index (χ0v) is 14.2. The number of carbonyl (C=O) groups excluding carboxylic acids is 2. The lowest BCUT2D eigenvalue weighted by molar-refractivity contribution is 0.0772. The molecule has 0 radical (unpaired) electrons. The standard InChI is InChI=1S/C19H22N2O3/c1-4-21(5-2)19(24)14-7-6-8-15(12-14)20-18(23)16-10-9-13(3)11-17(16)22/h6-12,22H,4-5H2,1-3H3,(H,20,23). The van der Waals surface area contributed by atoms with Crippen LogP contribution in [0, 0.1) is 6.92 Å². The van der Waals surface area contributed by atoms with Crippen molar-refractivity contribution >= 4 is 17.5 Å². The molecule has 0 saturated carbocycles. The fraction of sp³-hybridized carbons (Fsp3) is 0.263. The van der Waals surface area contributed by atoms with Gasteiger partial charge in [0.05, 0.1) is 5.56 Å². The van der Waals surface area contributed by atoms with Crippen molar-refractivity contribution < 1.29 is 14.7 Å². The number of hydrogen-bond acceptors (Lipinski definition) is 3. The molecule has 0 bridgehead atoms. The molecular formula is C19H22N2O3. The Bertz CT molecular complexity index is 752. The molecule has 126 valence electrons. The van der Waals surface area contributed by atoms with Gasteiger partial charge in [-0.3, -0.25) is 9.59 Å². The topological polar surface area (TPSA) is 69.6 Å². The highest BCUT2D eigenvalue weighted by Crippen LogP contribution is 2.20. The summed E-state index contributed by atoms with van der Waals surface area (Å²) in [4.78, 5) is 26.4. The van der Waals surface area contributed by atoms with Crippen LogP contribution < -0.4 is 5.32 Å². The second-order valence-electron chi connectivity index (χ2n) is 5.53. The van der Waals surface area contributed by atoms with Crippen molar-refractivity contribution in [3.8, 4) is 5.75 Å². The lowest BCUT2D eigenvalue weighted by Crippen LogP contribution is -2.30. The van der Waals surface area contributed by atoms with Gasteiger partial charge in [0.15, 0.2) is 0 Å². The van der Waals surface area contributed by atoms with Crippen LogP contribution in [0.5, 0.6) is 5.75 Å². The van der Waals surface area contributed by atoms with E-state index in [0.29, 0.717) is 24.3 Å². The molecule has 0 aliphatic carbocycles. The smallest absolute Gasteiger partial charge is 0.259 e. The number of benzene rings is 2. The normalized spacial score (nSPS) is 10.3. The van der Waals surface area contributed by atoms with Crippen LogP contribution in [0.25, 0.3) is 0 Å². The Kier molecular flexibility index (Phi) is 5.58. The molecule has 0 atom stereocenters. The summed E-state index contributed by atoms with van der Waals surface area (Å²) in [5, 5.41) is 12.6. The molecule has 0 aromatic heterocycles. The number of hydrogen-bond donors (Lipinski definition) is 2. The third kappa shape index (κ3) is 3.93. The monoisotopic (exact) mass is 326 g/mol. The number of amides is 2. The number of nitrogens with one attached hydrogen (secondary N) is 1. The maximum Gasteiger partial charge on any atom is 0.259 e. The summed E-state index contributed by atoms with van der Waals surface area (Å²) >= 11 is 0. The summed E-state index contributed by atoms with van der Waals surface area (Å²) in [7, 11) is 0. The van der Waals surface area contributed by atoms with Gasteiger partial charge in [-0.15, -0.1) is 0 Å². The van der Waals surface area contributed by atoms with Crippen LogP contribution in [0.3, 0.4) is 0 Å². The molecule has 0 fully saturated rings. The van der Waals surface area contributed by atoms with E-state index in [1.807, 2.05) is 20.8 Å². The highest BCUT2D eigenvalue weighted by atomic mass is 16.3. The first-order chi connectivity index (χ1) is 11.5. The van der Waals surface area contributed by atoms with Crippen LogP contribution >= 0.6 is 0 Å².